The van der Waals surface area contributed by atoms with Crippen LogP contribution in [-0.2, 0) is 0 Å². The van der Waals surface area contributed by atoms with Gasteiger partial charge < -0.3 is 5.11 Å². The highest BCUT2D eigenvalue weighted by Crippen LogP contribution is 2.33. The summed E-state index contributed by atoms with van der Waals surface area (Å²) in [6.45, 7) is 7.70. The van der Waals surface area contributed by atoms with Gasteiger partial charge in [-0.25, -0.2) is 4.39 Å². The molecule has 0 aliphatic heterocycles. The van der Waals surface area contributed by atoms with E-state index in [0.29, 0.717) is 5.56 Å². The molecule has 18 heavy (non-hydrogen) atoms. The summed E-state index contributed by atoms with van der Waals surface area (Å²) in [6, 6.07) is 5.30. The Morgan fingerprint density at radius 2 is 1.72 bits per heavy atom. The summed E-state index contributed by atoms with van der Waals surface area (Å²) >= 11 is 1.52. The summed E-state index contributed by atoms with van der Waals surface area (Å²) in [7, 11) is 0. The van der Waals surface area contributed by atoms with Crippen LogP contribution in [0.2, 0.25) is 0 Å². The maximum absolute atomic E-state index is 14.0. The average Bonchev–Trinajstić information content (AvgIpc) is 2.57. The molecule has 0 aliphatic rings. The van der Waals surface area contributed by atoms with Crippen molar-refractivity contribution in [1.29, 1.82) is 0 Å². The Hall–Kier alpha value is -1.19. The van der Waals surface area contributed by atoms with Crippen molar-refractivity contribution < 1.29 is 9.50 Å². The van der Waals surface area contributed by atoms with Gasteiger partial charge in [-0.2, -0.15) is 0 Å². The highest BCUT2D eigenvalue weighted by Gasteiger charge is 2.20. The lowest BCUT2D eigenvalue weighted by atomic mass is 9.99. The molecule has 1 N–H and O–H groups in total. The predicted molar refractivity (Wildman–Crippen MR) is 73.7 cm³/mol. The van der Waals surface area contributed by atoms with Crippen LogP contribution in [0.5, 0.6) is 0 Å². The Bertz CT molecular complexity index is 544. The first-order chi connectivity index (χ1) is 8.40. The van der Waals surface area contributed by atoms with Gasteiger partial charge in [0, 0.05) is 15.3 Å². The molecular weight excluding hydrogens is 247 g/mol. The fourth-order valence-corrected chi connectivity index (χ4v) is 3.19. The van der Waals surface area contributed by atoms with E-state index in [1.54, 1.807) is 0 Å². The van der Waals surface area contributed by atoms with E-state index < -0.39 is 6.10 Å². The van der Waals surface area contributed by atoms with E-state index in [1.807, 2.05) is 39.8 Å². The third-order valence-electron chi connectivity index (χ3n) is 3.21. The zero-order valence-electron chi connectivity index (χ0n) is 11.0. The first-order valence-electron chi connectivity index (χ1n) is 5.91. The van der Waals surface area contributed by atoms with Crippen molar-refractivity contribution in [2.24, 2.45) is 0 Å². The Balaban J connectivity index is 2.49. The molecule has 0 saturated heterocycles. The molecule has 2 aromatic rings. The Morgan fingerprint density at radius 1 is 1.06 bits per heavy atom. The lowest BCUT2D eigenvalue weighted by molar-refractivity contribution is 0.218. The topological polar surface area (TPSA) is 20.2 Å². The van der Waals surface area contributed by atoms with E-state index in [2.05, 4.69) is 0 Å². The molecule has 0 spiro atoms. The maximum Gasteiger partial charge on any atom is 0.129 e. The number of aliphatic hydroxyl groups is 1. The molecule has 1 atom stereocenters. The molecule has 2 rings (SSSR count). The zero-order chi connectivity index (χ0) is 13.4. The van der Waals surface area contributed by atoms with Crippen molar-refractivity contribution in [3.8, 4) is 0 Å². The van der Waals surface area contributed by atoms with E-state index in [-0.39, 0.29) is 5.82 Å². The summed E-state index contributed by atoms with van der Waals surface area (Å²) in [5, 5.41) is 10.4. The van der Waals surface area contributed by atoms with Gasteiger partial charge in [0.2, 0.25) is 0 Å². The normalized spacial score (nSPS) is 12.8. The minimum absolute atomic E-state index is 0.330. The third-order valence-corrected chi connectivity index (χ3v) is 4.41. The molecule has 96 valence electrons. The summed E-state index contributed by atoms with van der Waals surface area (Å²) in [6.07, 6.45) is -0.872. The monoisotopic (exact) mass is 264 g/mol. The number of hydrogen-bond acceptors (Lipinski definition) is 2. The summed E-state index contributed by atoms with van der Waals surface area (Å²) in [4.78, 5) is 1.96. The molecule has 0 bridgehead atoms. The third kappa shape index (κ3) is 2.33. The maximum atomic E-state index is 14.0. The van der Waals surface area contributed by atoms with Crippen LogP contribution in [0.1, 0.15) is 38.1 Å². The number of aliphatic hydroxyl groups excluding tert-OH is 1. The molecule has 3 heteroatoms. The fourth-order valence-electron chi connectivity index (χ4n) is 2.15. The van der Waals surface area contributed by atoms with E-state index >= 15 is 0 Å². The SMILES string of the molecule is Cc1cc(C)c(C(O)c2cc(C)c(C)s2)c(F)c1. The molecule has 0 radical (unpaired) electrons. The standard InChI is InChI=1S/C15H17FOS/c1-8-5-10(3)14(12(16)6-8)15(17)13-7-9(2)11(4)18-13/h5-7,15,17H,1-4H3. The van der Waals surface area contributed by atoms with Gasteiger partial charge in [0.05, 0.1) is 0 Å². The summed E-state index contributed by atoms with van der Waals surface area (Å²) in [5.74, 6) is -0.330. The van der Waals surface area contributed by atoms with Crippen molar-refractivity contribution in [2.75, 3.05) is 0 Å². The van der Waals surface area contributed by atoms with Crippen LogP contribution in [0.3, 0.4) is 0 Å². The van der Waals surface area contributed by atoms with Crippen molar-refractivity contribution in [1.82, 2.24) is 0 Å². The minimum Gasteiger partial charge on any atom is -0.383 e. The lowest BCUT2D eigenvalue weighted by Crippen LogP contribution is -2.04. The van der Waals surface area contributed by atoms with Crippen LogP contribution in [0.4, 0.5) is 4.39 Å². The molecule has 0 aliphatic carbocycles. The summed E-state index contributed by atoms with van der Waals surface area (Å²) < 4.78 is 14.0. The quantitative estimate of drug-likeness (QED) is 0.861. The van der Waals surface area contributed by atoms with Gasteiger partial charge in [-0.1, -0.05) is 6.07 Å². The van der Waals surface area contributed by atoms with E-state index in [4.69, 9.17) is 0 Å². The second-order valence-electron chi connectivity index (χ2n) is 4.77. The number of rotatable bonds is 2. The van der Waals surface area contributed by atoms with Crippen molar-refractivity contribution in [3.63, 3.8) is 0 Å². The molecular formula is C15H17FOS. The molecule has 1 unspecified atom stereocenters. The zero-order valence-corrected chi connectivity index (χ0v) is 11.9. The van der Waals surface area contributed by atoms with Crippen LogP contribution < -0.4 is 0 Å². The number of aryl methyl sites for hydroxylation is 4. The van der Waals surface area contributed by atoms with Gasteiger partial charge >= 0.3 is 0 Å². The highest BCUT2D eigenvalue weighted by atomic mass is 32.1. The van der Waals surface area contributed by atoms with Crippen LogP contribution in [0, 0.1) is 33.5 Å². The average molecular weight is 264 g/mol. The predicted octanol–water partition coefficient (Wildman–Crippen LogP) is 4.20. The van der Waals surface area contributed by atoms with Gasteiger partial charge in [0.25, 0.3) is 0 Å². The Labute approximate surface area is 111 Å². The van der Waals surface area contributed by atoms with Gasteiger partial charge in [-0.3, -0.25) is 0 Å². The number of benzene rings is 1. The van der Waals surface area contributed by atoms with Gasteiger partial charge in [0.15, 0.2) is 0 Å². The van der Waals surface area contributed by atoms with E-state index in [9.17, 15) is 9.50 Å². The van der Waals surface area contributed by atoms with Gasteiger partial charge in [-0.15, -0.1) is 11.3 Å². The minimum atomic E-state index is -0.872. The number of halogens is 1. The molecule has 1 heterocycles. The smallest absolute Gasteiger partial charge is 0.129 e. The van der Waals surface area contributed by atoms with Gasteiger partial charge in [0.1, 0.15) is 11.9 Å². The number of hydrogen-bond donors (Lipinski definition) is 1. The Kier molecular flexibility index (Phi) is 3.55. The molecule has 0 amide bonds. The molecule has 1 aromatic carbocycles. The van der Waals surface area contributed by atoms with Gasteiger partial charge in [-0.05, 0) is 56.5 Å². The molecule has 0 saturated carbocycles. The largest absolute Gasteiger partial charge is 0.383 e. The molecule has 0 fully saturated rings. The van der Waals surface area contributed by atoms with Crippen LogP contribution in [0.15, 0.2) is 18.2 Å². The van der Waals surface area contributed by atoms with Crippen LogP contribution >= 0.6 is 11.3 Å². The Morgan fingerprint density at radius 3 is 2.22 bits per heavy atom. The first-order valence-corrected chi connectivity index (χ1v) is 6.73. The molecule has 1 nitrogen and oxygen atoms in total. The van der Waals surface area contributed by atoms with E-state index in [1.165, 1.54) is 17.4 Å². The van der Waals surface area contributed by atoms with Crippen molar-refractivity contribution in [3.05, 3.63) is 56.0 Å². The first kappa shape index (κ1) is 13.2. The lowest BCUT2D eigenvalue weighted by Gasteiger charge is -2.14. The second-order valence-corrected chi connectivity index (χ2v) is 6.06. The van der Waals surface area contributed by atoms with Crippen LogP contribution in [0.25, 0.3) is 0 Å². The highest BCUT2D eigenvalue weighted by molar-refractivity contribution is 7.12. The van der Waals surface area contributed by atoms with E-state index in [0.717, 1.165) is 26.4 Å². The van der Waals surface area contributed by atoms with Crippen molar-refractivity contribution >= 4 is 11.3 Å². The molecule has 1 aromatic heterocycles. The number of thiophene rings is 1. The fraction of sp³-hybridized carbons (Fsp3) is 0.333. The second kappa shape index (κ2) is 4.82. The van der Waals surface area contributed by atoms with Crippen molar-refractivity contribution in [2.45, 2.75) is 33.8 Å². The summed E-state index contributed by atoms with van der Waals surface area (Å²) in [5.41, 5.74) is 3.20. The van der Waals surface area contributed by atoms with Crippen LogP contribution in [-0.4, -0.2) is 5.11 Å².